The quantitative estimate of drug-likeness (QED) is 0.0407. The van der Waals surface area contributed by atoms with Gasteiger partial charge in [-0.1, -0.05) is 162 Å². The lowest BCUT2D eigenvalue weighted by Gasteiger charge is -2.47. The molecule has 0 spiro atoms. The second-order valence-corrected chi connectivity index (χ2v) is 14.9. The van der Waals surface area contributed by atoms with Crippen molar-refractivity contribution in [3.8, 4) is 0 Å². The van der Waals surface area contributed by atoms with Gasteiger partial charge >= 0.3 is 17.9 Å². The van der Waals surface area contributed by atoms with Crippen LogP contribution in [0.15, 0.2) is 0 Å². The molecule has 10 heteroatoms. The van der Waals surface area contributed by atoms with Crippen LogP contribution in [0.4, 0.5) is 0 Å². The molecule has 0 unspecified atom stereocenters. The summed E-state index contributed by atoms with van der Waals surface area (Å²) in [6.45, 7) is 7.91. The Balaban J connectivity index is 2.82. The molecule has 1 N–H and O–H groups in total. The van der Waals surface area contributed by atoms with E-state index in [-0.39, 0.29) is 5.91 Å². The van der Waals surface area contributed by atoms with Gasteiger partial charge in [-0.3, -0.25) is 19.2 Å². The van der Waals surface area contributed by atoms with Crippen LogP contribution < -0.4 is 0 Å². The summed E-state index contributed by atoms with van der Waals surface area (Å²) in [5.41, 5.74) is 0. The fraction of sp³-hybridized carbons (Fsp3) is 0.905. The Labute approximate surface area is 316 Å². The topological polar surface area (TPSA) is 129 Å². The number of hydrogen-bond acceptors (Lipinski definition) is 9. The summed E-state index contributed by atoms with van der Waals surface area (Å²) in [5, 5.41) is 10.3. The van der Waals surface area contributed by atoms with Gasteiger partial charge in [0.15, 0.2) is 24.5 Å². The molecule has 304 valence electrons. The molecule has 0 aromatic carbocycles. The number of ether oxygens (including phenoxy) is 4. The van der Waals surface area contributed by atoms with Crippen molar-refractivity contribution in [1.82, 2.24) is 4.90 Å². The largest absolute Gasteiger partial charge is 0.456 e. The Morgan fingerprint density at radius 1 is 0.500 bits per heavy atom. The van der Waals surface area contributed by atoms with Crippen LogP contribution in [-0.4, -0.2) is 77.6 Å². The van der Waals surface area contributed by atoms with Gasteiger partial charge in [-0.05, 0) is 12.8 Å². The molecule has 1 rings (SSSR count). The lowest BCUT2D eigenvalue weighted by atomic mass is 9.96. The molecule has 1 aliphatic rings. The number of esters is 3. The fourth-order valence-electron chi connectivity index (χ4n) is 7.22. The maximum absolute atomic E-state index is 13.9. The second-order valence-electron chi connectivity index (χ2n) is 14.9. The van der Waals surface area contributed by atoms with E-state index in [0.29, 0.717) is 13.0 Å². The number of rotatable bonds is 32. The first kappa shape index (κ1) is 47.8. The van der Waals surface area contributed by atoms with Gasteiger partial charge in [0.05, 0.1) is 6.61 Å². The molecule has 1 saturated heterocycles. The number of nitrogens with zero attached hydrogens (tertiary/aromatic N) is 1. The van der Waals surface area contributed by atoms with Crippen LogP contribution in [0.1, 0.15) is 202 Å². The van der Waals surface area contributed by atoms with Crippen LogP contribution in [0.2, 0.25) is 0 Å². The van der Waals surface area contributed by atoms with E-state index in [9.17, 15) is 24.3 Å². The van der Waals surface area contributed by atoms with E-state index in [0.717, 1.165) is 51.4 Å². The van der Waals surface area contributed by atoms with E-state index in [4.69, 9.17) is 18.9 Å². The van der Waals surface area contributed by atoms with Crippen LogP contribution in [0.3, 0.4) is 0 Å². The second kappa shape index (κ2) is 31.2. The van der Waals surface area contributed by atoms with Gasteiger partial charge in [0.25, 0.3) is 0 Å². The maximum Gasteiger partial charge on any atom is 0.303 e. The van der Waals surface area contributed by atoms with E-state index < -0.39 is 55.2 Å². The third-order valence-electron chi connectivity index (χ3n) is 10.1. The number of amides is 1. The predicted octanol–water partition coefficient (Wildman–Crippen LogP) is 9.51. The SMILES string of the molecule is CCCCCCCCCCCCCCCCCCN(C(=O)CCCCCCCCCCC)[C@@H]1O[C@H](CO)[C@H](OC(C)=O)[C@H](OC(C)=O)[C@H]1OC(C)=O. The molecule has 10 nitrogen and oxygen atoms in total. The molecule has 0 saturated carbocycles. The van der Waals surface area contributed by atoms with Gasteiger partial charge in [-0.25, -0.2) is 0 Å². The molecule has 0 bridgehead atoms. The van der Waals surface area contributed by atoms with Crippen LogP contribution >= 0.6 is 0 Å². The summed E-state index contributed by atoms with van der Waals surface area (Å²) in [5.74, 6) is -2.15. The molecule has 52 heavy (non-hydrogen) atoms. The first-order valence-electron chi connectivity index (χ1n) is 21.2. The summed E-state index contributed by atoms with van der Waals surface area (Å²) in [4.78, 5) is 52.1. The average Bonchev–Trinajstić information content (AvgIpc) is 3.10. The Hall–Kier alpha value is -2.20. The number of aliphatic hydroxyl groups is 1. The molecular weight excluding hydrogens is 662 g/mol. The Morgan fingerprint density at radius 3 is 1.23 bits per heavy atom. The molecule has 0 aromatic rings. The third kappa shape index (κ3) is 22.1. The molecule has 1 amide bonds. The van der Waals surface area contributed by atoms with Crippen molar-refractivity contribution in [2.75, 3.05) is 13.2 Å². The van der Waals surface area contributed by atoms with Crippen molar-refractivity contribution in [2.24, 2.45) is 0 Å². The summed E-state index contributed by atoms with van der Waals surface area (Å²) in [6, 6.07) is 0. The minimum Gasteiger partial charge on any atom is -0.456 e. The van der Waals surface area contributed by atoms with Crippen LogP contribution in [-0.2, 0) is 38.1 Å². The van der Waals surface area contributed by atoms with Crippen molar-refractivity contribution in [3.63, 3.8) is 0 Å². The number of unbranched alkanes of at least 4 members (excludes halogenated alkanes) is 23. The first-order chi connectivity index (χ1) is 25.2. The van der Waals surface area contributed by atoms with Crippen LogP contribution in [0, 0.1) is 0 Å². The molecule has 5 atom stereocenters. The average molecular weight is 740 g/mol. The Bertz CT molecular complexity index is 944. The van der Waals surface area contributed by atoms with E-state index in [1.807, 2.05) is 0 Å². The summed E-state index contributed by atoms with van der Waals surface area (Å²) in [7, 11) is 0. The number of carbonyl (C=O) groups excluding carboxylic acids is 4. The van der Waals surface area contributed by atoms with Crippen molar-refractivity contribution in [2.45, 2.75) is 232 Å². The van der Waals surface area contributed by atoms with Gasteiger partial charge in [0, 0.05) is 33.7 Å². The zero-order valence-electron chi connectivity index (χ0n) is 33.8. The minimum absolute atomic E-state index is 0.143. The predicted molar refractivity (Wildman–Crippen MR) is 206 cm³/mol. The van der Waals surface area contributed by atoms with Crippen LogP contribution in [0.5, 0.6) is 0 Å². The Morgan fingerprint density at radius 2 is 0.846 bits per heavy atom. The fourth-order valence-corrected chi connectivity index (χ4v) is 7.22. The molecule has 1 aliphatic heterocycles. The Kier molecular flexibility index (Phi) is 28.7. The number of carbonyl (C=O) groups is 4. The van der Waals surface area contributed by atoms with Gasteiger partial charge in [-0.2, -0.15) is 0 Å². The molecular formula is C42H77NO9. The van der Waals surface area contributed by atoms with Crippen LogP contribution in [0.25, 0.3) is 0 Å². The first-order valence-corrected chi connectivity index (χ1v) is 21.2. The smallest absolute Gasteiger partial charge is 0.303 e. The highest BCUT2D eigenvalue weighted by Gasteiger charge is 2.54. The molecule has 0 radical (unpaired) electrons. The van der Waals surface area contributed by atoms with E-state index in [1.165, 1.54) is 130 Å². The lowest BCUT2D eigenvalue weighted by molar-refractivity contribution is -0.275. The third-order valence-corrected chi connectivity index (χ3v) is 10.1. The molecule has 1 fully saturated rings. The highest BCUT2D eigenvalue weighted by atomic mass is 16.7. The van der Waals surface area contributed by atoms with Gasteiger partial charge in [0.2, 0.25) is 5.91 Å². The number of hydrogen-bond donors (Lipinski definition) is 1. The standard InChI is InChI=1S/C42H77NO9/c1-6-8-10-12-14-16-17-18-19-20-21-22-24-26-28-30-32-43(38(48)31-29-27-25-23-15-13-11-9-7-2)42-41(51-36(5)47)40(50-35(4)46)39(49-34(3)45)37(33-44)52-42/h37,39-42,44H,6-33H2,1-5H3/t37-,39+,40+,41-,42-/m1/s1. The zero-order valence-corrected chi connectivity index (χ0v) is 33.8. The highest BCUT2D eigenvalue weighted by molar-refractivity contribution is 5.76. The highest BCUT2D eigenvalue weighted by Crippen LogP contribution is 2.31. The lowest BCUT2D eigenvalue weighted by Crippen LogP contribution is -2.66. The van der Waals surface area contributed by atoms with Crippen molar-refractivity contribution >= 4 is 23.8 Å². The zero-order chi connectivity index (χ0) is 38.4. The summed E-state index contributed by atoms with van der Waals surface area (Å²) >= 11 is 0. The van der Waals surface area contributed by atoms with Crippen molar-refractivity contribution in [3.05, 3.63) is 0 Å². The summed E-state index contributed by atoms with van der Waals surface area (Å²) < 4.78 is 22.9. The van der Waals surface area contributed by atoms with Gasteiger partial charge < -0.3 is 29.0 Å². The molecule has 0 aromatic heterocycles. The van der Waals surface area contributed by atoms with E-state index >= 15 is 0 Å². The monoisotopic (exact) mass is 740 g/mol. The van der Waals surface area contributed by atoms with E-state index in [1.54, 1.807) is 4.90 Å². The van der Waals surface area contributed by atoms with Gasteiger partial charge in [-0.15, -0.1) is 0 Å². The molecule has 1 heterocycles. The van der Waals surface area contributed by atoms with Gasteiger partial charge in [0.1, 0.15) is 6.10 Å². The minimum atomic E-state index is -1.27. The summed E-state index contributed by atoms with van der Waals surface area (Å²) in [6.07, 6.45) is 24.3. The van der Waals surface area contributed by atoms with Crippen molar-refractivity contribution in [1.29, 1.82) is 0 Å². The normalized spacial score (nSPS) is 20.0. The molecule has 0 aliphatic carbocycles. The number of aliphatic hydroxyl groups excluding tert-OH is 1. The van der Waals surface area contributed by atoms with Crippen molar-refractivity contribution < 1.29 is 43.2 Å². The maximum atomic E-state index is 13.9. The van der Waals surface area contributed by atoms with E-state index in [2.05, 4.69) is 13.8 Å².